The zero-order chi connectivity index (χ0) is 7.40. The fraction of sp³-hybridized carbons (Fsp3) is 0.714. The summed E-state index contributed by atoms with van der Waals surface area (Å²) in [5.74, 6) is 0. The Bertz CT molecular complexity index is 118. The Kier molecular flexibility index (Phi) is 2.86. The molecule has 0 spiro atoms. The van der Waals surface area contributed by atoms with Crippen LogP contribution in [-0.4, -0.2) is 30.7 Å². The van der Waals surface area contributed by atoms with Gasteiger partial charge in [0.05, 0.1) is 13.2 Å². The molecule has 1 aliphatic rings. The first kappa shape index (κ1) is 7.72. The molecule has 10 heavy (non-hydrogen) atoms. The average Bonchev–Trinajstić information content (AvgIpc) is 2.67. The second-order valence-electron chi connectivity index (χ2n) is 2.21. The van der Waals surface area contributed by atoms with Crippen molar-refractivity contribution in [3.8, 4) is 0 Å². The molecule has 1 rings (SSSR count). The highest BCUT2D eigenvalue weighted by Crippen LogP contribution is 2.09. The highest BCUT2D eigenvalue weighted by molar-refractivity contribution is 4.80. The molecule has 2 atom stereocenters. The van der Waals surface area contributed by atoms with E-state index in [0.717, 1.165) is 6.61 Å². The first-order valence-corrected chi connectivity index (χ1v) is 3.37. The van der Waals surface area contributed by atoms with E-state index < -0.39 is 6.29 Å². The van der Waals surface area contributed by atoms with Gasteiger partial charge in [-0.25, -0.2) is 0 Å². The smallest absolute Gasteiger partial charge is 0.174 e. The predicted octanol–water partition coefficient (Wildman–Crippen LogP) is 0.296. The molecule has 3 heteroatoms. The summed E-state index contributed by atoms with van der Waals surface area (Å²) in [6, 6.07) is 0. The van der Waals surface area contributed by atoms with Gasteiger partial charge in [0.15, 0.2) is 6.29 Å². The quantitative estimate of drug-likeness (QED) is 0.350. The molecule has 1 aliphatic heterocycles. The molecule has 2 unspecified atom stereocenters. The molecule has 0 amide bonds. The zero-order valence-electron chi connectivity index (χ0n) is 5.99. The van der Waals surface area contributed by atoms with Crippen LogP contribution < -0.4 is 0 Å². The monoisotopic (exact) mass is 144 g/mol. The van der Waals surface area contributed by atoms with E-state index in [2.05, 4.69) is 0 Å². The standard InChI is InChI=1S/C7H12O3/c1-2-3-7(8)10-5-6-4-9-6/h2-3,6-8H,4-5H2,1H3. The number of hydrogen-bond donors (Lipinski definition) is 1. The van der Waals surface area contributed by atoms with Crippen molar-refractivity contribution in [3.63, 3.8) is 0 Å². The number of ether oxygens (including phenoxy) is 2. The maximum absolute atomic E-state index is 8.96. The van der Waals surface area contributed by atoms with Crippen molar-refractivity contribution in [1.82, 2.24) is 0 Å². The summed E-state index contributed by atoms with van der Waals surface area (Å²) in [5, 5.41) is 8.96. The van der Waals surface area contributed by atoms with E-state index in [1.807, 2.05) is 6.92 Å². The maximum atomic E-state index is 8.96. The molecule has 0 saturated carbocycles. The molecule has 0 aromatic rings. The van der Waals surface area contributed by atoms with Gasteiger partial charge in [0.1, 0.15) is 6.10 Å². The predicted molar refractivity (Wildman–Crippen MR) is 36.5 cm³/mol. The Hall–Kier alpha value is -0.380. The fourth-order valence-corrected chi connectivity index (χ4v) is 0.590. The van der Waals surface area contributed by atoms with Gasteiger partial charge in [0.25, 0.3) is 0 Å². The van der Waals surface area contributed by atoms with Crippen LogP contribution in [0.25, 0.3) is 0 Å². The lowest BCUT2D eigenvalue weighted by atomic mass is 10.5. The lowest BCUT2D eigenvalue weighted by Gasteiger charge is -2.04. The Morgan fingerprint density at radius 3 is 3.10 bits per heavy atom. The summed E-state index contributed by atoms with van der Waals surface area (Å²) in [5.41, 5.74) is 0. The molecule has 0 aromatic heterocycles. The van der Waals surface area contributed by atoms with Crippen LogP contribution in [0, 0.1) is 0 Å². The Balaban J connectivity index is 1.99. The molecule has 0 radical (unpaired) electrons. The molecule has 3 nitrogen and oxygen atoms in total. The molecule has 1 fully saturated rings. The summed E-state index contributed by atoms with van der Waals surface area (Å²) >= 11 is 0. The van der Waals surface area contributed by atoms with Crippen LogP contribution >= 0.6 is 0 Å². The number of aliphatic hydroxyl groups excluding tert-OH is 1. The van der Waals surface area contributed by atoms with Crippen LogP contribution in [-0.2, 0) is 9.47 Å². The number of rotatable bonds is 4. The van der Waals surface area contributed by atoms with Crippen molar-refractivity contribution in [2.45, 2.75) is 19.3 Å². The lowest BCUT2D eigenvalue weighted by Crippen LogP contribution is -2.12. The second-order valence-corrected chi connectivity index (χ2v) is 2.21. The van der Waals surface area contributed by atoms with E-state index in [0.29, 0.717) is 6.61 Å². The molecule has 0 aromatic carbocycles. The summed E-state index contributed by atoms with van der Waals surface area (Å²) < 4.78 is 9.83. The van der Waals surface area contributed by atoms with Crippen molar-refractivity contribution < 1.29 is 14.6 Å². The highest BCUT2D eigenvalue weighted by atomic mass is 16.6. The van der Waals surface area contributed by atoms with Gasteiger partial charge in [-0.2, -0.15) is 0 Å². The van der Waals surface area contributed by atoms with Crippen molar-refractivity contribution in [1.29, 1.82) is 0 Å². The first-order valence-electron chi connectivity index (χ1n) is 3.37. The number of hydrogen-bond acceptors (Lipinski definition) is 3. The third-order valence-corrected chi connectivity index (χ3v) is 1.21. The van der Waals surface area contributed by atoms with E-state index >= 15 is 0 Å². The molecule has 1 N–H and O–H groups in total. The highest BCUT2D eigenvalue weighted by Gasteiger charge is 2.23. The molecular weight excluding hydrogens is 132 g/mol. The first-order chi connectivity index (χ1) is 4.83. The SMILES string of the molecule is CC=CC(O)OCC1CO1. The van der Waals surface area contributed by atoms with Gasteiger partial charge in [-0.05, 0) is 13.0 Å². The van der Waals surface area contributed by atoms with Gasteiger partial charge >= 0.3 is 0 Å². The van der Waals surface area contributed by atoms with Crippen LogP contribution in [0.15, 0.2) is 12.2 Å². The van der Waals surface area contributed by atoms with E-state index in [1.165, 1.54) is 0 Å². The van der Waals surface area contributed by atoms with Gasteiger partial charge in [0, 0.05) is 0 Å². The minimum Gasteiger partial charge on any atom is -0.371 e. The Morgan fingerprint density at radius 1 is 1.90 bits per heavy atom. The molecular formula is C7H12O3. The minimum absolute atomic E-state index is 0.222. The summed E-state index contributed by atoms with van der Waals surface area (Å²) in [7, 11) is 0. The van der Waals surface area contributed by atoms with Gasteiger partial charge < -0.3 is 14.6 Å². The Morgan fingerprint density at radius 2 is 2.60 bits per heavy atom. The molecule has 1 saturated heterocycles. The van der Waals surface area contributed by atoms with E-state index in [9.17, 15) is 0 Å². The third kappa shape index (κ3) is 2.96. The van der Waals surface area contributed by atoms with E-state index in [-0.39, 0.29) is 6.10 Å². The van der Waals surface area contributed by atoms with Gasteiger partial charge in [0.2, 0.25) is 0 Å². The van der Waals surface area contributed by atoms with Crippen molar-refractivity contribution in [2.24, 2.45) is 0 Å². The Labute approximate surface area is 60.3 Å². The van der Waals surface area contributed by atoms with Gasteiger partial charge in [-0.3, -0.25) is 0 Å². The average molecular weight is 144 g/mol. The fourth-order valence-electron chi connectivity index (χ4n) is 0.590. The summed E-state index contributed by atoms with van der Waals surface area (Å²) in [4.78, 5) is 0. The summed E-state index contributed by atoms with van der Waals surface area (Å²) in [6.07, 6.45) is 2.79. The second kappa shape index (κ2) is 3.71. The maximum Gasteiger partial charge on any atom is 0.174 e. The largest absolute Gasteiger partial charge is 0.371 e. The number of aliphatic hydroxyl groups is 1. The zero-order valence-corrected chi connectivity index (χ0v) is 5.99. The van der Waals surface area contributed by atoms with Crippen LogP contribution in [0.1, 0.15) is 6.92 Å². The molecule has 58 valence electrons. The lowest BCUT2D eigenvalue weighted by molar-refractivity contribution is -0.0684. The van der Waals surface area contributed by atoms with E-state index in [1.54, 1.807) is 12.2 Å². The third-order valence-electron chi connectivity index (χ3n) is 1.21. The minimum atomic E-state index is -0.769. The van der Waals surface area contributed by atoms with Crippen LogP contribution in [0.3, 0.4) is 0 Å². The van der Waals surface area contributed by atoms with E-state index in [4.69, 9.17) is 14.6 Å². The van der Waals surface area contributed by atoms with Gasteiger partial charge in [-0.15, -0.1) is 0 Å². The normalized spacial score (nSPS) is 27.2. The van der Waals surface area contributed by atoms with Crippen LogP contribution in [0.4, 0.5) is 0 Å². The van der Waals surface area contributed by atoms with Crippen LogP contribution in [0.5, 0.6) is 0 Å². The number of epoxide rings is 1. The molecule has 0 bridgehead atoms. The van der Waals surface area contributed by atoms with Crippen LogP contribution in [0.2, 0.25) is 0 Å². The topological polar surface area (TPSA) is 42.0 Å². The molecule has 0 aliphatic carbocycles. The molecule has 1 heterocycles. The van der Waals surface area contributed by atoms with Gasteiger partial charge in [-0.1, -0.05) is 6.08 Å². The van der Waals surface area contributed by atoms with Crippen molar-refractivity contribution in [3.05, 3.63) is 12.2 Å². The van der Waals surface area contributed by atoms with Crippen molar-refractivity contribution in [2.75, 3.05) is 13.2 Å². The summed E-state index contributed by atoms with van der Waals surface area (Å²) in [6.45, 7) is 3.09. The number of allylic oxidation sites excluding steroid dienone is 1. The van der Waals surface area contributed by atoms with Crippen molar-refractivity contribution >= 4 is 0 Å².